The number of hydrogen-bond donors (Lipinski definition) is 1. The van der Waals surface area contributed by atoms with E-state index in [0.717, 1.165) is 22.5 Å². The molecule has 0 aliphatic rings. The lowest BCUT2D eigenvalue weighted by Crippen LogP contribution is -2.16. The Morgan fingerprint density at radius 2 is 1.72 bits per heavy atom. The van der Waals surface area contributed by atoms with Crippen LogP contribution in [0.5, 0.6) is 0 Å². The highest BCUT2D eigenvalue weighted by molar-refractivity contribution is 5.40. The van der Waals surface area contributed by atoms with Crippen molar-refractivity contribution in [3.05, 3.63) is 51.4 Å². The minimum Gasteiger partial charge on any atom is -0.294 e. The van der Waals surface area contributed by atoms with Gasteiger partial charge in [-0.25, -0.2) is 4.68 Å². The third kappa shape index (κ3) is 2.01. The van der Waals surface area contributed by atoms with E-state index in [1.54, 1.807) is 4.68 Å². The molecule has 3 nitrogen and oxygen atoms in total. The molecule has 18 heavy (non-hydrogen) atoms. The predicted molar refractivity (Wildman–Crippen MR) is 74.6 cm³/mol. The summed E-state index contributed by atoms with van der Waals surface area (Å²) in [5.74, 6) is 0. The van der Waals surface area contributed by atoms with Crippen LogP contribution in [0, 0.1) is 13.8 Å². The van der Waals surface area contributed by atoms with Crippen molar-refractivity contribution in [1.29, 1.82) is 0 Å². The summed E-state index contributed by atoms with van der Waals surface area (Å²) in [4.78, 5) is 12.3. The molecule has 0 spiro atoms. The van der Waals surface area contributed by atoms with Crippen molar-refractivity contribution in [3.8, 4) is 5.69 Å². The van der Waals surface area contributed by atoms with Gasteiger partial charge in [0.05, 0.1) is 5.69 Å². The van der Waals surface area contributed by atoms with Crippen LogP contribution in [-0.4, -0.2) is 9.78 Å². The molecular formula is C15H20N2O. The fourth-order valence-electron chi connectivity index (χ4n) is 2.24. The average Bonchev–Trinajstić information content (AvgIpc) is 2.57. The first-order valence-corrected chi connectivity index (χ1v) is 6.20. The molecule has 2 aromatic rings. The van der Waals surface area contributed by atoms with Crippen molar-refractivity contribution in [2.24, 2.45) is 0 Å². The highest BCUT2D eigenvalue weighted by Crippen LogP contribution is 2.23. The van der Waals surface area contributed by atoms with Gasteiger partial charge in [-0.15, -0.1) is 0 Å². The number of nitrogens with zero attached hydrogens (tertiary/aromatic N) is 1. The van der Waals surface area contributed by atoms with E-state index in [4.69, 9.17) is 0 Å². The average molecular weight is 244 g/mol. The van der Waals surface area contributed by atoms with Gasteiger partial charge in [0.15, 0.2) is 0 Å². The summed E-state index contributed by atoms with van der Waals surface area (Å²) in [5.41, 5.74) is 3.77. The van der Waals surface area contributed by atoms with Crippen LogP contribution in [0.2, 0.25) is 0 Å². The Bertz CT molecular complexity index is 627. The first kappa shape index (κ1) is 12.7. The molecule has 2 rings (SSSR count). The Hall–Kier alpha value is -1.77. The molecule has 1 heterocycles. The first-order valence-electron chi connectivity index (χ1n) is 6.20. The summed E-state index contributed by atoms with van der Waals surface area (Å²) in [6, 6.07) is 7.89. The summed E-state index contributed by atoms with van der Waals surface area (Å²) in [6.07, 6.45) is 0. The topological polar surface area (TPSA) is 37.8 Å². The molecule has 3 heteroatoms. The largest absolute Gasteiger partial charge is 0.294 e. The monoisotopic (exact) mass is 244 g/mol. The molecule has 0 saturated carbocycles. The van der Waals surface area contributed by atoms with Crippen LogP contribution < -0.4 is 5.56 Å². The molecule has 0 bridgehead atoms. The van der Waals surface area contributed by atoms with Crippen LogP contribution in [0.4, 0.5) is 0 Å². The summed E-state index contributed by atoms with van der Waals surface area (Å²) in [7, 11) is 0. The maximum atomic E-state index is 12.3. The van der Waals surface area contributed by atoms with Crippen molar-refractivity contribution in [2.45, 2.75) is 40.0 Å². The van der Waals surface area contributed by atoms with Gasteiger partial charge in [0, 0.05) is 16.7 Å². The number of aromatic amines is 1. The number of aryl methyl sites for hydroxylation is 1. The Morgan fingerprint density at radius 1 is 1.11 bits per heavy atom. The van der Waals surface area contributed by atoms with Gasteiger partial charge < -0.3 is 0 Å². The highest BCUT2D eigenvalue weighted by atomic mass is 16.1. The molecule has 0 saturated heterocycles. The zero-order chi connectivity index (χ0) is 13.5. The van der Waals surface area contributed by atoms with Crippen molar-refractivity contribution in [1.82, 2.24) is 9.78 Å². The van der Waals surface area contributed by atoms with Gasteiger partial charge in [0.25, 0.3) is 5.56 Å². The summed E-state index contributed by atoms with van der Waals surface area (Å²) < 4.78 is 1.64. The molecule has 96 valence electrons. The molecule has 0 aliphatic heterocycles. The summed E-state index contributed by atoms with van der Waals surface area (Å²) in [5, 5.41) is 3.25. The lowest BCUT2D eigenvalue weighted by Gasteiger charge is -2.17. The minimum atomic E-state index is -0.0584. The maximum Gasteiger partial charge on any atom is 0.274 e. The van der Waals surface area contributed by atoms with Gasteiger partial charge in [0.2, 0.25) is 0 Å². The summed E-state index contributed by atoms with van der Waals surface area (Å²) >= 11 is 0. The molecule has 0 aliphatic carbocycles. The lowest BCUT2D eigenvalue weighted by molar-refractivity contribution is 0.557. The van der Waals surface area contributed by atoms with E-state index in [1.165, 1.54) is 0 Å². The van der Waals surface area contributed by atoms with Crippen molar-refractivity contribution in [2.75, 3.05) is 0 Å². The van der Waals surface area contributed by atoms with Crippen LogP contribution in [-0.2, 0) is 5.41 Å². The van der Waals surface area contributed by atoms with E-state index in [1.807, 2.05) is 38.1 Å². The van der Waals surface area contributed by atoms with Crippen molar-refractivity contribution in [3.63, 3.8) is 0 Å². The second-order valence-corrected chi connectivity index (χ2v) is 5.79. The Labute approximate surface area is 107 Å². The molecule has 1 aromatic heterocycles. The fraction of sp³-hybridized carbons (Fsp3) is 0.400. The number of hydrogen-bond acceptors (Lipinski definition) is 1. The number of benzene rings is 1. The SMILES string of the molecule is Cc1ccccc1-n1[nH]c(C(C)(C)C)c(C)c1=O. The molecule has 0 radical (unpaired) electrons. The Kier molecular flexibility index (Phi) is 2.93. The van der Waals surface area contributed by atoms with Crippen LogP contribution in [0.1, 0.15) is 37.6 Å². The number of nitrogens with one attached hydrogen (secondary N) is 1. The van der Waals surface area contributed by atoms with Gasteiger partial charge in [-0.05, 0) is 25.5 Å². The molecular weight excluding hydrogens is 224 g/mol. The van der Waals surface area contributed by atoms with E-state index in [0.29, 0.717) is 0 Å². The predicted octanol–water partition coefficient (Wildman–Crippen LogP) is 3.08. The van der Waals surface area contributed by atoms with E-state index in [9.17, 15) is 4.79 Å². The van der Waals surface area contributed by atoms with Crippen LogP contribution in [0.25, 0.3) is 5.69 Å². The van der Waals surface area contributed by atoms with Crippen LogP contribution >= 0.6 is 0 Å². The maximum absolute atomic E-state index is 12.3. The van der Waals surface area contributed by atoms with E-state index < -0.39 is 0 Å². The molecule has 0 unspecified atom stereocenters. The zero-order valence-electron chi connectivity index (χ0n) is 11.7. The van der Waals surface area contributed by atoms with Gasteiger partial charge in [-0.3, -0.25) is 9.89 Å². The molecule has 0 fully saturated rings. The number of H-pyrrole nitrogens is 1. The Morgan fingerprint density at radius 3 is 2.22 bits per heavy atom. The van der Waals surface area contributed by atoms with Crippen molar-refractivity contribution >= 4 is 0 Å². The number of aromatic nitrogens is 2. The van der Waals surface area contributed by atoms with Gasteiger partial charge in [-0.2, -0.15) is 0 Å². The molecule has 0 amide bonds. The second kappa shape index (κ2) is 4.16. The third-order valence-corrected chi connectivity index (χ3v) is 3.23. The van der Waals surface area contributed by atoms with Crippen molar-refractivity contribution < 1.29 is 0 Å². The van der Waals surface area contributed by atoms with Crippen LogP contribution in [0.3, 0.4) is 0 Å². The number of para-hydroxylation sites is 1. The van der Waals surface area contributed by atoms with Gasteiger partial charge >= 0.3 is 0 Å². The molecule has 0 atom stereocenters. The number of rotatable bonds is 1. The standard InChI is InChI=1S/C15H20N2O/c1-10-8-6-7-9-12(10)17-14(18)11(2)13(16-17)15(3,4)5/h6-9,16H,1-5H3. The summed E-state index contributed by atoms with van der Waals surface area (Å²) in [6.45, 7) is 10.2. The quantitative estimate of drug-likeness (QED) is 0.822. The van der Waals surface area contributed by atoms with E-state index in [-0.39, 0.29) is 11.0 Å². The fourth-order valence-corrected chi connectivity index (χ4v) is 2.24. The lowest BCUT2D eigenvalue weighted by atomic mass is 9.90. The van der Waals surface area contributed by atoms with E-state index >= 15 is 0 Å². The highest BCUT2D eigenvalue weighted by Gasteiger charge is 2.22. The molecule has 1 aromatic carbocycles. The smallest absolute Gasteiger partial charge is 0.274 e. The Balaban J connectivity index is 2.69. The minimum absolute atomic E-state index is 0.0363. The first-order chi connectivity index (χ1) is 8.32. The third-order valence-electron chi connectivity index (χ3n) is 3.23. The van der Waals surface area contributed by atoms with Gasteiger partial charge in [0.1, 0.15) is 0 Å². The van der Waals surface area contributed by atoms with Gasteiger partial charge in [-0.1, -0.05) is 39.0 Å². The normalized spacial score (nSPS) is 11.8. The van der Waals surface area contributed by atoms with E-state index in [2.05, 4.69) is 25.9 Å². The zero-order valence-corrected chi connectivity index (χ0v) is 11.7. The second-order valence-electron chi connectivity index (χ2n) is 5.79. The van der Waals surface area contributed by atoms with Crippen LogP contribution in [0.15, 0.2) is 29.1 Å². The molecule has 1 N–H and O–H groups in total.